The van der Waals surface area contributed by atoms with Crippen LogP contribution in [0.15, 0.2) is 30.3 Å². The molecule has 1 heterocycles. The first-order valence-corrected chi connectivity index (χ1v) is 6.51. The quantitative estimate of drug-likeness (QED) is 0.860. The van der Waals surface area contributed by atoms with Crippen molar-refractivity contribution in [1.29, 1.82) is 0 Å². The van der Waals surface area contributed by atoms with Gasteiger partial charge in [0, 0.05) is 17.0 Å². The standard InChI is InChI=1S/C14H14N2OS/c15-14(18)11-8-13(17-9-4-3-5-9)16-12-7-2-1-6-10(11)12/h1-2,6-9H,3-5H2,(H2,15,18). The summed E-state index contributed by atoms with van der Waals surface area (Å²) in [4.78, 5) is 4.88. The molecule has 18 heavy (non-hydrogen) atoms. The van der Waals surface area contributed by atoms with Gasteiger partial charge >= 0.3 is 0 Å². The Morgan fingerprint density at radius 2 is 2.11 bits per heavy atom. The zero-order valence-corrected chi connectivity index (χ0v) is 10.7. The van der Waals surface area contributed by atoms with Gasteiger partial charge in [0.1, 0.15) is 11.1 Å². The minimum absolute atomic E-state index is 0.304. The Kier molecular flexibility index (Phi) is 2.88. The normalized spacial score (nSPS) is 15.3. The number of rotatable bonds is 3. The number of thiocarbonyl (C=S) groups is 1. The van der Waals surface area contributed by atoms with Gasteiger partial charge in [0.05, 0.1) is 5.52 Å². The Hall–Kier alpha value is -1.68. The van der Waals surface area contributed by atoms with Crippen molar-refractivity contribution in [2.75, 3.05) is 0 Å². The Bertz CT molecular complexity index is 608. The van der Waals surface area contributed by atoms with Crippen LogP contribution < -0.4 is 10.5 Å². The molecule has 3 nitrogen and oxygen atoms in total. The SMILES string of the molecule is NC(=S)c1cc(OC2CCC2)nc2ccccc12. The number of para-hydroxylation sites is 1. The molecule has 3 rings (SSSR count). The molecule has 1 saturated carbocycles. The van der Waals surface area contributed by atoms with Gasteiger partial charge in [-0.3, -0.25) is 0 Å². The number of pyridine rings is 1. The highest BCUT2D eigenvalue weighted by molar-refractivity contribution is 7.80. The van der Waals surface area contributed by atoms with Crippen LogP contribution in [-0.4, -0.2) is 16.1 Å². The molecule has 0 amide bonds. The molecule has 0 radical (unpaired) electrons. The summed E-state index contributed by atoms with van der Waals surface area (Å²) >= 11 is 5.10. The van der Waals surface area contributed by atoms with Crippen LogP contribution in [-0.2, 0) is 0 Å². The molecule has 0 bridgehead atoms. The number of hydrogen-bond acceptors (Lipinski definition) is 3. The van der Waals surface area contributed by atoms with Crippen molar-refractivity contribution < 1.29 is 4.74 Å². The molecular weight excluding hydrogens is 244 g/mol. The Balaban J connectivity index is 2.07. The van der Waals surface area contributed by atoms with Crippen LogP contribution in [0.1, 0.15) is 24.8 Å². The molecule has 0 saturated heterocycles. The predicted octanol–water partition coefficient (Wildman–Crippen LogP) is 2.80. The van der Waals surface area contributed by atoms with E-state index in [1.54, 1.807) is 0 Å². The fourth-order valence-corrected chi connectivity index (χ4v) is 2.24. The summed E-state index contributed by atoms with van der Waals surface area (Å²) in [5, 5.41) is 0.978. The molecule has 2 aromatic rings. The highest BCUT2D eigenvalue weighted by atomic mass is 32.1. The lowest BCUT2D eigenvalue weighted by Gasteiger charge is -2.26. The highest BCUT2D eigenvalue weighted by Crippen LogP contribution is 2.27. The monoisotopic (exact) mass is 258 g/mol. The number of ether oxygens (including phenoxy) is 1. The van der Waals surface area contributed by atoms with Crippen molar-refractivity contribution in [3.8, 4) is 5.88 Å². The molecule has 0 unspecified atom stereocenters. The van der Waals surface area contributed by atoms with Gasteiger partial charge in [-0.25, -0.2) is 4.98 Å². The topological polar surface area (TPSA) is 48.1 Å². The summed E-state index contributed by atoms with van der Waals surface area (Å²) in [6.07, 6.45) is 3.76. The van der Waals surface area contributed by atoms with Gasteiger partial charge in [-0.05, 0) is 25.3 Å². The first kappa shape index (κ1) is 11.4. The largest absolute Gasteiger partial charge is 0.474 e. The predicted molar refractivity (Wildman–Crippen MR) is 75.9 cm³/mol. The van der Waals surface area contributed by atoms with Crippen LogP contribution >= 0.6 is 12.2 Å². The second-order valence-corrected chi connectivity index (χ2v) is 5.00. The minimum Gasteiger partial charge on any atom is -0.474 e. The van der Waals surface area contributed by atoms with Crippen molar-refractivity contribution in [2.24, 2.45) is 5.73 Å². The fourth-order valence-electron chi connectivity index (χ4n) is 2.07. The summed E-state index contributed by atoms with van der Waals surface area (Å²) in [5.41, 5.74) is 7.48. The average molecular weight is 258 g/mol. The molecular formula is C14H14N2OS. The third-order valence-electron chi connectivity index (χ3n) is 3.30. The molecule has 1 fully saturated rings. The smallest absolute Gasteiger partial charge is 0.214 e. The third-order valence-corrected chi connectivity index (χ3v) is 3.52. The summed E-state index contributed by atoms with van der Waals surface area (Å²) in [7, 11) is 0. The van der Waals surface area contributed by atoms with Crippen LogP contribution in [0.3, 0.4) is 0 Å². The molecule has 1 aromatic carbocycles. The first-order valence-electron chi connectivity index (χ1n) is 6.10. The van der Waals surface area contributed by atoms with E-state index in [9.17, 15) is 0 Å². The van der Waals surface area contributed by atoms with Crippen molar-refractivity contribution in [1.82, 2.24) is 4.98 Å². The molecule has 92 valence electrons. The third kappa shape index (κ3) is 2.04. The zero-order valence-electron chi connectivity index (χ0n) is 9.93. The number of nitrogens with zero attached hydrogens (tertiary/aromatic N) is 1. The summed E-state index contributed by atoms with van der Waals surface area (Å²) in [6.45, 7) is 0. The van der Waals surface area contributed by atoms with Crippen molar-refractivity contribution >= 4 is 28.1 Å². The molecule has 1 aromatic heterocycles. The van der Waals surface area contributed by atoms with Crippen LogP contribution in [0.5, 0.6) is 5.88 Å². The lowest BCUT2D eigenvalue weighted by Crippen LogP contribution is -2.25. The first-order chi connectivity index (χ1) is 8.74. The van der Waals surface area contributed by atoms with Crippen molar-refractivity contribution in [3.05, 3.63) is 35.9 Å². The lowest BCUT2D eigenvalue weighted by molar-refractivity contribution is 0.115. The highest BCUT2D eigenvalue weighted by Gasteiger charge is 2.20. The van der Waals surface area contributed by atoms with E-state index in [4.69, 9.17) is 22.7 Å². The summed E-state index contributed by atoms with van der Waals surface area (Å²) < 4.78 is 5.82. The van der Waals surface area contributed by atoms with E-state index < -0.39 is 0 Å². The molecule has 1 aliphatic rings. The Morgan fingerprint density at radius 3 is 2.78 bits per heavy atom. The van der Waals surface area contributed by atoms with Gasteiger partial charge in [-0.1, -0.05) is 30.4 Å². The second-order valence-electron chi connectivity index (χ2n) is 4.56. The fraction of sp³-hybridized carbons (Fsp3) is 0.286. The van der Waals surface area contributed by atoms with E-state index >= 15 is 0 Å². The molecule has 0 aliphatic heterocycles. The molecule has 0 spiro atoms. The minimum atomic E-state index is 0.304. The second kappa shape index (κ2) is 4.53. The molecule has 4 heteroatoms. The van der Waals surface area contributed by atoms with Crippen LogP contribution in [0.4, 0.5) is 0 Å². The maximum atomic E-state index is 5.82. The van der Waals surface area contributed by atoms with E-state index in [0.29, 0.717) is 17.0 Å². The van der Waals surface area contributed by atoms with E-state index in [1.807, 2.05) is 30.3 Å². The Labute approximate surface area is 111 Å². The van der Waals surface area contributed by atoms with Gasteiger partial charge in [0.2, 0.25) is 5.88 Å². The number of benzene rings is 1. The van der Waals surface area contributed by atoms with E-state index in [2.05, 4.69) is 4.98 Å². The van der Waals surface area contributed by atoms with E-state index in [0.717, 1.165) is 29.3 Å². The summed E-state index contributed by atoms with van der Waals surface area (Å²) in [5.74, 6) is 0.626. The number of hydrogen-bond donors (Lipinski definition) is 1. The zero-order chi connectivity index (χ0) is 12.5. The van der Waals surface area contributed by atoms with Crippen LogP contribution in [0.2, 0.25) is 0 Å². The van der Waals surface area contributed by atoms with Gasteiger partial charge in [0.15, 0.2) is 0 Å². The van der Waals surface area contributed by atoms with Crippen LogP contribution in [0.25, 0.3) is 10.9 Å². The van der Waals surface area contributed by atoms with Crippen molar-refractivity contribution in [3.63, 3.8) is 0 Å². The number of fused-ring (bicyclic) bond motifs is 1. The molecule has 0 atom stereocenters. The van der Waals surface area contributed by atoms with Gasteiger partial charge in [0.25, 0.3) is 0 Å². The van der Waals surface area contributed by atoms with E-state index in [-0.39, 0.29) is 0 Å². The summed E-state index contributed by atoms with van der Waals surface area (Å²) in [6, 6.07) is 9.68. The van der Waals surface area contributed by atoms with Gasteiger partial charge in [-0.2, -0.15) is 0 Å². The number of nitrogens with two attached hydrogens (primary N) is 1. The van der Waals surface area contributed by atoms with Gasteiger partial charge in [-0.15, -0.1) is 0 Å². The van der Waals surface area contributed by atoms with Crippen LogP contribution in [0, 0.1) is 0 Å². The number of aromatic nitrogens is 1. The Morgan fingerprint density at radius 1 is 1.33 bits per heavy atom. The molecule has 2 N–H and O–H groups in total. The van der Waals surface area contributed by atoms with Gasteiger partial charge < -0.3 is 10.5 Å². The van der Waals surface area contributed by atoms with E-state index in [1.165, 1.54) is 6.42 Å². The van der Waals surface area contributed by atoms with Crippen molar-refractivity contribution in [2.45, 2.75) is 25.4 Å². The average Bonchev–Trinajstić information content (AvgIpc) is 2.32. The molecule has 1 aliphatic carbocycles. The maximum Gasteiger partial charge on any atom is 0.214 e. The maximum absolute atomic E-state index is 5.82. The lowest BCUT2D eigenvalue weighted by atomic mass is 9.96.